The first kappa shape index (κ1) is 16.3. The van der Waals surface area contributed by atoms with Gasteiger partial charge in [-0.15, -0.1) is 0 Å². The third kappa shape index (κ3) is 2.52. The van der Waals surface area contributed by atoms with Crippen molar-refractivity contribution in [2.75, 3.05) is 0 Å². The van der Waals surface area contributed by atoms with E-state index < -0.39 is 0 Å². The molecule has 0 atom stereocenters. The quantitative estimate of drug-likeness (QED) is 0.617. The molecule has 0 aliphatic rings. The van der Waals surface area contributed by atoms with Crippen molar-refractivity contribution in [1.82, 2.24) is 29.4 Å². The molecule has 0 saturated carbocycles. The molecule has 0 amide bonds. The second-order valence-corrected chi connectivity index (χ2v) is 6.81. The summed E-state index contributed by atoms with van der Waals surface area (Å²) in [5.74, 6) is 0.880. The van der Waals surface area contributed by atoms with Crippen LogP contribution < -0.4 is 5.56 Å². The lowest BCUT2D eigenvalue weighted by Crippen LogP contribution is -2.22. The van der Waals surface area contributed by atoms with Crippen molar-refractivity contribution in [3.63, 3.8) is 0 Å². The van der Waals surface area contributed by atoms with Crippen LogP contribution in [0.25, 0.3) is 22.6 Å². The van der Waals surface area contributed by atoms with Gasteiger partial charge in [0.05, 0.1) is 12.4 Å². The number of aromatic amines is 1. The fourth-order valence-corrected chi connectivity index (χ4v) is 3.27. The maximum Gasteiger partial charge on any atom is 0.278 e. The van der Waals surface area contributed by atoms with Crippen molar-refractivity contribution in [3.8, 4) is 16.9 Å². The van der Waals surface area contributed by atoms with Crippen molar-refractivity contribution in [2.24, 2.45) is 0 Å². The Morgan fingerprint density at radius 3 is 2.69 bits per heavy atom. The zero-order valence-corrected chi connectivity index (χ0v) is 15.2. The molecule has 132 valence electrons. The summed E-state index contributed by atoms with van der Waals surface area (Å²) < 4.78 is 3.15. The van der Waals surface area contributed by atoms with Crippen LogP contribution in [0.5, 0.6) is 0 Å². The predicted molar refractivity (Wildman–Crippen MR) is 99.7 cm³/mol. The van der Waals surface area contributed by atoms with E-state index in [1.165, 1.54) is 4.52 Å². The monoisotopic (exact) mass is 348 g/mol. The summed E-state index contributed by atoms with van der Waals surface area (Å²) in [7, 11) is 0. The van der Waals surface area contributed by atoms with Gasteiger partial charge in [-0.2, -0.15) is 14.7 Å². The number of fused-ring (bicyclic) bond motifs is 1. The van der Waals surface area contributed by atoms with Crippen LogP contribution in [0.15, 0.2) is 41.7 Å². The Labute approximate surface area is 150 Å². The van der Waals surface area contributed by atoms with Crippen molar-refractivity contribution >= 4 is 5.65 Å². The Hall–Kier alpha value is -3.22. The van der Waals surface area contributed by atoms with Gasteiger partial charge in [-0.1, -0.05) is 13.8 Å². The summed E-state index contributed by atoms with van der Waals surface area (Å²) in [6.45, 7) is 7.95. The lowest BCUT2D eigenvalue weighted by Gasteiger charge is -2.09. The molecule has 0 aliphatic heterocycles. The maximum absolute atomic E-state index is 12.7. The van der Waals surface area contributed by atoms with Crippen LogP contribution in [0.3, 0.4) is 0 Å². The number of rotatable bonds is 3. The van der Waals surface area contributed by atoms with Crippen molar-refractivity contribution < 1.29 is 0 Å². The zero-order chi connectivity index (χ0) is 18.4. The van der Waals surface area contributed by atoms with Crippen LogP contribution in [0.1, 0.15) is 36.6 Å². The van der Waals surface area contributed by atoms with Crippen molar-refractivity contribution in [3.05, 3.63) is 64.1 Å². The number of hydrogen-bond donors (Lipinski definition) is 1. The van der Waals surface area contributed by atoms with E-state index in [0.29, 0.717) is 5.65 Å². The molecule has 0 bridgehead atoms. The topological polar surface area (TPSA) is 80.9 Å². The van der Waals surface area contributed by atoms with Gasteiger partial charge in [0.2, 0.25) is 0 Å². The molecule has 26 heavy (non-hydrogen) atoms. The zero-order valence-electron chi connectivity index (χ0n) is 15.2. The van der Waals surface area contributed by atoms with E-state index in [2.05, 4.69) is 20.2 Å². The Morgan fingerprint density at radius 1 is 1.15 bits per heavy atom. The van der Waals surface area contributed by atoms with Crippen LogP contribution in [0.4, 0.5) is 0 Å². The van der Waals surface area contributed by atoms with Gasteiger partial charge in [-0.25, -0.2) is 9.67 Å². The van der Waals surface area contributed by atoms with Crippen LogP contribution in [0, 0.1) is 13.8 Å². The fourth-order valence-electron chi connectivity index (χ4n) is 3.27. The van der Waals surface area contributed by atoms with E-state index in [9.17, 15) is 4.79 Å². The molecule has 0 unspecified atom stereocenters. The van der Waals surface area contributed by atoms with Gasteiger partial charge in [0.1, 0.15) is 5.65 Å². The minimum atomic E-state index is -0.0785. The van der Waals surface area contributed by atoms with E-state index >= 15 is 0 Å². The largest absolute Gasteiger partial charge is 0.343 e. The van der Waals surface area contributed by atoms with E-state index in [1.54, 1.807) is 23.3 Å². The predicted octanol–water partition coefficient (Wildman–Crippen LogP) is 3.01. The van der Waals surface area contributed by atoms with Crippen molar-refractivity contribution in [2.45, 2.75) is 33.6 Å². The molecule has 0 radical (unpaired) electrons. The molecule has 7 nitrogen and oxygen atoms in total. The van der Waals surface area contributed by atoms with Crippen molar-refractivity contribution in [1.29, 1.82) is 0 Å². The first-order valence-electron chi connectivity index (χ1n) is 8.54. The summed E-state index contributed by atoms with van der Waals surface area (Å²) in [6, 6.07) is 3.91. The highest BCUT2D eigenvalue weighted by Gasteiger charge is 2.17. The lowest BCUT2D eigenvalue weighted by atomic mass is 10.0. The molecule has 7 heteroatoms. The molecule has 0 fully saturated rings. The number of hydrogen-bond acceptors (Lipinski definition) is 4. The summed E-state index contributed by atoms with van der Waals surface area (Å²) in [5, 5.41) is 8.70. The molecular weight excluding hydrogens is 328 g/mol. The van der Waals surface area contributed by atoms with Gasteiger partial charge in [0.15, 0.2) is 5.82 Å². The van der Waals surface area contributed by atoms with Crippen LogP contribution in [0.2, 0.25) is 0 Å². The van der Waals surface area contributed by atoms with Crippen LogP contribution >= 0.6 is 0 Å². The number of H-pyrrole nitrogens is 1. The summed E-state index contributed by atoms with van der Waals surface area (Å²) in [4.78, 5) is 20.4. The third-order valence-corrected chi connectivity index (χ3v) is 4.51. The van der Waals surface area contributed by atoms with Gasteiger partial charge in [-0.05, 0) is 37.5 Å². The minimum Gasteiger partial charge on any atom is -0.343 e. The highest BCUT2D eigenvalue weighted by molar-refractivity contribution is 5.76. The van der Waals surface area contributed by atoms with Gasteiger partial charge < -0.3 is 4.98 Å². The summed E-state index contributed by atoms with van der Waals surface area (Å²) in [6.07, 6.45) is 7.10. The summed E-state index contributed by atoms with van der Waals surface area (Å²) >= 11 is 0. The molecule has 0 spiro atoms. The average molecular weight is 348 g/mol. The van der Waals surface area contributed by atoms with Gasteiger partial charge in [-0.3, -0.25) is 4.79 Å². The van der Waals surface area contributed by atoms with E-state index in [-0.39, 0.29) is 11.5 Å². The van der Waals surface area contributed by atoms with Crippen LogP contribution in [-0.2, 0) is 0 Å². The maximum atomic E-state index is 12.7. The smallest absolute Gasteiger partial charge is 0.278 e. The molecular formula is C19H20N6O. The van der Waals surface area contributed by atoms with E-state index in [4.69, 9.17) is 0 Å². The molecule has 4 heterocycles. The number of pyridine rings is 1. The van der Waals surface area contributed by atoms with E-state index in [0.717, 1.165) is 33.8 Å². The first-order chi connectivity index (χ1) is 12.5. The molecule has 0 aromatic carbocycles. The summed E-state index contributed by atoms with van der Waals surface area (Å²) in [5.41, 5.74) is 5.04. The van der Waals surface area contributed by atoms with Gasteiger partial charge in [0.25, 0.3) is 5.56 Å². The number of aryl methyl sites for hydroxylation is 2. The second kappa shape index (κ2) is 5.94. The average Bonchev–Trinajstić information content (AvgIpc) is 3.21. The molecule has 0 aliphatic carbocycles. The van der Waals surface area contributed by atoms with Gasteiger partial charge in [0, 0.05) is 34.8 Å². The standard InChI is InChI=1S/C19H20N6O/c1-11(2)17-13(4)23-18-15(9-22-25(18)19(17)26)14-8-21-24(10-14)16-7-12(3)5-6-20-16/h5-11,23H,1-4H3. The second-order valence-electron chi connectivity index (χ2n) is 6.81. The molecule has 0 saturated heterocycles. The van der Waals surface area contributed by atoms with E-state index in [1.807, 2.05) is 46.0 Å². The molecule has 4 rings (SSSR count). The lowest BCUT2D eigenvalue weighted by molar-refractivity contribution is 0.780. The Kier molecular flexibility index (Phi) is 3.72. The molecule has 4 aromatic heterocycles. The Bertz CT molecular complexity index is 1160. The highest BCUT2D eigenvalue weighted by atomic mass is 16.1. The van der Waals surface area contributed by atoms with Crippen LogP contribution in [-0.4, -0.2) is 29.4 Å². The molecule has 1 N–H and O–H groups in total. The minimum absolute atomic E-state index is 0.0785. The SMILES string of the molecule is Cc1ccnc(-n2cc(-c3cnn4c(=O)c(C(C)C)c(C)[nH]c34)cn2)c1. The molecule has 4 aromatic rings. The Balaban J connectivity index is 1.85. The number of nitrogens with zero attached hydrogens (tertiary/aromatic N) is 5. The normalized spacial score (nSPS) is 11.6. The highest BCUT2D eigenvalue weighted by Crippen LogP contribution is 2.24. The fraction of sp³-hybridized carbons (Fsp3) is 0.263. The van der Waals surface area contributed by atoms with Gasteiger partial charge >= 0.3 is 0 Å². The number of aromatic nitrogens is 6. The number of nitrogens with one attached hydrogen (secondary N) is 1. The Morgan fingerprint density at radius 2 is 1.96 bits per heavy atom. The first-order valence-corrected chi connectivity index (χ1v) is 8.54. The third-order valence-electron chi connectivity index (χ3n) is 4.51.